The molecule has 1 saturated heterocycles. The number of carbonyl (C=O) groups excluding carboxylic acids is 1. The van der Waals surface area contributed by atoms with E-state index in [9.17, 15) is 23.1 Å². The maximum Gasteiger partial charge on any atom is 0.433 e. The lowest BCUT2D eigenvalue weighted by atomic mass is 9.95. The van der Waals surface area contributed by atoms with E-state index in [1.807, 2.05) is 10.9 Å². The van der Waals surface area contributed by atoms with Crippen LogP contribution in [0.1, 0.15) is 42.5 Å². The van der Waals surface area contributed by atoms with Crippen LogP contribution in [0.5, 0.6) is 0 Å². The van der Waals surface area contributed by atoms with Gasteiger partial charge in [0.1, 0.15) is 11.4 Å². The largest absolute Gasteiger partial charge is 0.433 e. The van der Waals surface area contributed by atoms with Crippen molar-refractivity contribution < 1.29 is 23.1 Å². The average molecular weight is 505 g/mol. The number of rotatable bonds is 7. The number of likely N-dealkylation sites (N-methyl/N-ethyl adjacent to an activating group) is 1. The third kappa shape index (κ3) is 6.03. The number of amides is 1. The molecule has 1 fully saturated rings. The van der Waals surface area contributed by atoms with Crippen LogP contribution in [-0.4, -0.2) is 74.8 Å². The molecule has 1 aliphatic rings. The zero-order valence-corrected chi connectivity index (χ0v) is 20.6. The lowest BCUT2D eigenvalue weighted by Gasteiger charge is -2.33. The molecule has 36 heavy (non-hydrogen) atoms. The van der Waals surface area contributed by atoms with E-state index in [1.54, 1.807) is 26.0 Å². The quantitative estimate of drug-likeness (QED) is 0.512. The molecule has 0 aliphatic carbocycles. The van der Waals surface area contributed by atoms with Gasteiger partial charge < -0.3 is 15.3 Å². The molecule has 2 aromatic heterocycles. The number of nitrogens with zero attached hydrogens (tertiary/aromatic N) is 5. The summed E-state index contributed by atoms with van der Waals surface area (Å²) < 4.78 is 40.9. The molecule has 8 nitrogen and oxygen atoms in total. The summed E-state index contributed by atoms with van der Waals surface area (Å²) in [6.45, 7) is 12.0. The van der Waals surface area contributed by atoms with Crippen LogP contribution < -0.4 is 5.32 Å². The van der Waals surface area contributed by atoms with Crippen LogP contribution in [-0.2, 0) is 18.3 Å². The van der Waals surface area contributed by atoms with E-state index in [2.05, 4.69) is 32.1 Å². The highest BCUT2D eigenvalue weighted by molar-refractivity contribution is 6.04. The van der Waals surface area contributed by atoms with Crippen molar-refractivity contribution in [2.24, 2.45) is 0 Å². The fourth-order valence-electron chi connectivity index (χ4n) is 4.33. The monoisotopic (exact) mass is 504 g/mol. The van der Waals surface area contributed by atoms with Gasteiger partial charge in [0.05, 0.1) is 17.7 Å². The number of aromatic nitrogens is 3. The molecule has 4 rings (SSSR count). The zero-order chi connectivity index (χ0) is 26.1. The highest BCUT2D eigenvalue weighted by Gasteiger charge is 2.33. The van der Waals surface area contributed by atoms with Crippen molar-refractivity contribution in [3.8, 4) is 0 Å². The normalized spacial score (nSPS) is 16.0. The number of hydrogen-bond donors (Lipinski definition) is 2. The number of benzene rings is 1. The third-order valence-electron chi connectivity index (χ3n) is 6.43. The lowest BCUT2D eigenvalue weighted by Crippen LogP contribution is -2.46. The second-order valence-corrected chi connectivity index (χ2v) is 9.54. The summed E-state index contributed by atoms with van der Waals surface area (Å²) in [7, 11) is 0. The molecule has 0 atom stereocenters. The first kappa shape index (κ1) is 26.1. The molecule has 11 heteroatoms. The Balaban J connectivity index is 1.55. The van der Waals surface area contributed by atoms with Crippen LogP contribution in [0.2, 0.25) is 0 Å². The van der Waals surface area contributed by atoms with Gasteiger partial charge >= 0.3 is 6.18 Å². The van der Waals surface area contributed by atoms with Gasteiger partial charge in [0, 0.05) is 55.6 Å². The number of anilines is 1. The van der Waals surface area contributed by atoms with Gasteiger partial charge in [-0.05, 0) is 44.7 Å². The van der Waals surface area contributed by atoms with Crippen LogP contribution >= 0.6 is 0 Å². The Bertz CT molecular complexity index is 1230. The SMILES string of the molecule is CCN1CCN(CCn2cc3cc(NC(=O)c4cccc(C(F)(F)F)n4)c(C(C)(C)O)cc3n2)CC1. The summed E-state index contributed by atoms with van der Waals surface area (Å²) in [5, 5.41) is 18.7. The number of pyridine rings is 1. The first-order chi connectivity index (χ1) is 16.9. The van der Waals surface area contributed by atoms with Crippen molar-refractivity contribution in [1.82, 2.24) is 24.6 Å². The topological polar surface area (TPSA) is 86.5 Å². The van der Waals surface area contributed by atoms with Gasteiger partial charge in [0.25, 0.3) is 5.91 Å². The molecule has 3 aromatic rings. The van der Waals surface area contributed by atoms with Gasteiger partial charge in [-0.1, -0.05) is 13.0 Å². The number of fused-ring (bicyclic) bond motifs is 1. The molecule has 1 aromatic carbocycles. The van der Waals surface area contributed by atoms with Crippen molar-refractivity contribution in [2.75, 3.05) is 44.6 Å². The van der Waals surface area contributed by atoms with E-state index in [0.717, 1.165) is 56.8 Å². The van der Waals surface area contributed by atoms with Crippen molar-refractivity contribution in [3.05, 3.63) is 53.5 Å². The van der Waals surface area contributed by atoms with Crippen LogP contribution in [0.25, 0.3) is 10.9 Å². The molecule has 0 unspecified atom stereocenters. The first-order valence-electron chi connectivity index (χ1n) is 12.0. The highest BCUT2D eigenvalue weighted by atomic mass is 19.4. The maximum absolute atomic E-state index is 13.0. The molecule has 194 valence electrons. The standard InChI is InChI=1S/C25H31F3N6O2/c1-4-32-8-10-33(11-9-32)12-13-34-16-17-14-21(18(24(2,3)36)15-20(17)31-34)30-23(35)19-6-5-7-22(29-19)25(26,27)28/h5-7,14-16,36H,4,8-13H2,1-3H3,(H,30,35). The molecule has 3 heterocycles. The molecule has 1 aliphatic heterocycles. The lowest BCUT2D eigenvalue weighted by molar-refractivity contribution is -0.141. The summed E-state index contributed by atoms with van der Waals surface area (Å²) in [6, 6.07) is 6.53. The predicted molar refractivity (Wildman–Crippen MR) is 131 cm³/mol. The number of piperazine rings is 1. The van der Waals surface area contributed by atoms with Crippen LogP contribution in [0.15, 0.2) is 36.5 Å². The number of halogens is 3. The van der Waals surface area contributed by atoms with Gasteiger partial charge in [0.15, 0.2) is 0 Å². The zero-order valence-electron chi connectivity index (χ0n) is 20.6. The predicted octanol–water partition coefficient (Wildman–Crippen LogP) is 3.57. The summed E-state index contributed by atoms with van der Waals surface area (Å²) in [4.78, 5) is 21.1. The van der Waals surface area contributed by atoms with Crippen molar-refractivity contribution in [2.45, 2.75) is 39.1 Å². The van der Waals surface area contributed by atoms with Crippen molar-refractivity contribution >= 4 is 22.5 Å². The summed E-state index contributed by atoms with van der Waals surface area (Å²) >= 11 is 0. The molecule has 0 bridgehead atoms. The number of hydrogen-bond acceptors (Lipinski definition) is 6. The van der Waals surface area contributed by atoms with Gasteiger partial charge in [0.2, 0.25) is 0 Å². The number of alkyl halides is 3. The van der Waals surface area contributed by atoms with E-state index in [-0.39, 0.29) is 11.4 Å². The molecule has 0 saturated carbocycles. The summed E-state index contributed by atoms with van der Waals surface area (Å²) in [5.41, 5.74) is -1.51. The fourth-order valence-corrected chi connectivity index (χ4v) is 4.33. The van der Waals surface area contributed by atoms with E-state index in [1.165, 1.54) is 6.07 Å². The van der Waals surface area contributed by atoms with Gasteiger partial charge in [-0.15, -0.1) is 0 Å². The molecular formula is C25H31F3N6O2. The van der Waals surface area contributed by atoms with Gasteiger partial charge in [-0.3, -0.25) is 14.4 Å². The molecule has 0 spiro atoms. The Kier molecular flexibility index (Phi) is 7.35. The summed E-state index contributed by atoms with van der Waals surface area (Å²) in [5.74, 6) is -0.801. The van der Waals surface area contributed by atoms with Crippen LogP contribution in [0.3, 0.4) is 0 Å². The minimum absolute atomic E-state index is 0.287. The second-order valence-electron chi connectivity index (χ2n) is 9.54. The number of nitrogens with one attached hydrogen (secondary N) is 1. The summed E-state index contributed by atoms with van der Waals surface area (Å²) in [6.07, 6.45) is -2.80. The van der Waals surface area contributed by atoms with E-state index >= 15 is 0 Å². The Morgan fingerprint density at radius 3 is 2.42 bits per heavy atom. The Hall–Kier alpha value is -3.02. The Morgan fingerprint density at radius 2 is 1.78 bits per heavy atom. The van der Waals surface area contributed by atoms with Gasteiger partial charge in [-0.25, -0.2) is 4.98 Å². The molecule has 2 N–H and O–H groups in total. The minimum atomic E-state index is -4.66. The minimum Gasteiger partial charge on any atom is -0.386 e. The Labute approximate surface area is 207 Å². The van der Waals surface area contributed by atoms with Crippen molar-refractivity contribution in [3.63, 3.8) is 0 Å². The fraction of sp³-hybridized carbons (Fsp3) is 0.480. The van der Waals surface area contributed by atoms with Crippen LogP contribution in [0, 0.1) is 0 Å². The third-order valence-corrected chi connectivity index (χ3v) is 6.43. The maximum atomic E-state index is 13.0. The van der Waals surface area contributed by atoms with Gasteiger partial charge in [-0.2, -0.15) is 18.3 Å². The van der Waals surface area contributed by atoms with Crippen molar-refractivity contribution in [1.29, 1.82) is 0 Å². The first-order valence-corrected chi connectivity index (χ1v) is 12.0. The number of aliphatic hydroxyl groups is 1. The van der Waals surface area contributed by atoms with E-state index in [4.69, 9.17) is 0 Å². The molecule has 1 amide bonds. The molecular weight excluding hydrogens is 473 g/mol. The van der Waals surface area contributed by atoms with Crippen LogP contribution in [0.4, 0.5) is 18.9 Å². The van der Waals surface area contributed by atoms with E-state index < -0.39 is 23.4 Å². The Morgan fingerprint density at radius 1 is 1.08 bits per heavy atom. The van der Waals surface area contributed by atoms with E-state index in [0.29, 0.717) is 17.6 Å². The molecule has 0 radical (unpaired) electrons. The second kappa shape index (κ2) is 10.2. The smallest absolute Gasteiger partial charge is 0.386 e. The number of carbonyl (C=O) groups is 1. The average Bonchev–Trinajstić information content (AvgIpc) is 3.23. The highest BCUT2D eigenvalue weighted by Crippen LogP contribution is 2.32.